The van der Waals surface area contributed by atoms with Crippen LogP contribution in [0.25, 0.3) is 11.1 Å². The zero-order chi connectivity index (χ0) is 19.7. The van der Waals surface area contributed by atoms with E-state index in [9.17, 15) is 9.59 Å². The van der Waals surface area contributed by atoms with E-state index >= 15 is 0 Å². The number of nitriles is 1. The highest BCUT2D eigenvalue weighted by molar-refractivity contribution is 5.93. The van der Waals surface area contributed by atoms with Gasteiger partial charge in [-0.3, -0.25) is 4.79 Å². The topological polar surface area (TPSA) is 89.0 Å². The van der Waals surface area contributed by atoms with Gasteiger partial charge in [0.2, 0.25) is 0 Å². The fourth-order valence-electron chi connectivity index (χ4n) is 3.42. The molecular formula is C22H18N4O2. The average Bonchev–Trinajstić information content (AvgIpc) is 2.69. The Kier molecular flexibility index (Phi) is 4.42. The van der Waals surface area contributed by atoms with Crippen molar-refractivity contribution in [1.82, 2.24) is 9.88 Å². The van der Waals surface area contributed by atoms with Gasteiger partial charge < -0.3 is 15.2 Å². The number of carbonyl (C=O) groups is 1. The third-order valence-corrected chi connectivity index (χ3v) is 4.88. The van der Waals surface area contributed by atoms with Gasteiger partial charge in [0.15, 0.2) is 0 Å². The zero-order valence-corrected chi connectivity index (χ0v) is 15.3. The number of pyridine rings is 1. The molecule has 6 nitrogen and oxygen atoms in total. The van der Waals surface area contributed by atoms with Gasteiger partial charge in [-0.1, -0.05) is 36.4 Å². The summed E-state index contributed by atoms with van der Waals surface area (Å²) in [6, 6.07) is 19.0. The number of aryl methyl sites for hydroxylation is 1. The molecule has 0 unspecified atom stereocenters. The lowest BCUT2D eigenvalue weighted by Gasteiger charge is -2.30. The standard InChI is InChI=1S/C22H18N4O2/c1-14-19(10-17(11-23)21(27)24-14)16-7-8-20-18(9-16)13-26(22(28)25-20)12-15-5-3-2-4-6-15/h2-10H,12-13H2,1H3,(H,24,27)(H,25,28). The van der Waals surface area contributed by atoms with Gasteiger partial charge in [0.1, 0.15) is 11.6 Å². The first kappa shape index (κ1) is 17.6. The van der Waals surface area contributed by atoms with Crippen LogP contribution < -0.4 is 10.9 Å². The molecule has 0 saturated carbocycles. The maximum absolute atomic E-state index is 12.4. The Labute approximate surface area is 162 Å². The lowest BCUT2D eigenvalue weighted by Crippen LogP contribution is -2.38. The highest BCUT2D eigenvalue weighted by Gasteiger charge is 2.23. The Morgan fingerprint density at radius 2 is 1.89 bits per heavy atom. The number of benzene rings is 2. The predicted molar refractivity (Wildman–Crippen MR) is 107 cm³/mol. The van der Waals surface area contributed by atoms with E-state index in [4.69, 9.17) is 5.26 Å². The summed E-state index contributed by atoms with van der Waals surface area (Å²) in [5, 5.41) is 12.1. The zero-order valence-electron chi connectivity index (χ0n) is 15.3. The molecule has 2 heterocycles. The third kappa shape index (κ3) is 3.26. The molecule has 0 radical (unpaired) electrons. The molecule has 3 aromatic rings. The molecule has 0 saturated heterocycles. The third-order valence-electron chi connectivity index (χ3n) is 4.88. The van der Waals surface area contributed by atoms with Gasteiger partial charge in [-0.25, -0.2) is 4.79 Å². The predicted octanol–water partition coefficient (Wildman–Crippen LogP) is 3.77. The smallest absolute Gasteiger partial charge is 0.322 e. The molecule has 1 aromatic heterocycles. The van der Waals surface area contributed by atoms with Crippen LogP contribution in [0, 0.1) is 18.3 Å². The summed E-state index contributed by atoms with van der Waals surface area (Å²) in [7, 11) is 0. The fourth-order valence-corrected chi connectivity index (χ4v) is 3.42. The van der Waals surface area contributed by atoms with Crippen molar-refractivity contribution in [1.29, 1.82) is 5.26 Å². The van der Waals surface area contributed by atoms with Gasteiger partial charge in [0.25, 0.3) is 5.56 Å². The van der Waals surface area contributed by atoms with Crippen LogP contribution in [0.3, 0.4) is 0 Å². The van der Waals surface area contributed by atoms with Crippen molar-refractivity contribution in [2.24, 2.45) is 0 Å². The monoisotopic (exact) mass is 370 g/mol. The Hall–Kier alpha value is -3.85. The molecule has 1 aliphatic heterocycles. The molecule has 0 bridgehead atoms. The number of H-pyrrole nitrogens is 1. The van der Waals surface area contributed by atoms with Crippen LogP contribution in [0.4, 0.5) is 10.5 Å². The van der Waals surface area contributed by atoms with E-state index in [1.807, 2.05) is 54.6 Å². The molecular weight excluding hydrogens is 352 g/mol. The van der Waals surface area contributed by atoms with Crippen LogP contribution in [0.1, 0.15) is 22.4 Å². The molecule has 28 heavy (non-hydrogen) atoms. The minimum absolute atomic E-state index is 0.0809. The number of nitrogens with zero attached hydrogens (tertiary/aromatic N) is 2. The maximum atomic E-state index is 12.4. The summed E-state index contributed by atoms with van der Waals surface area (Å²) >= 11 is 0. The number of nitrogens with one attached hydrogen (secondary N) is 2. The van der Waals surface area contributed by atoms with E-state index in [1.165, 1.54) is 0 Å². The molecule has 0 atom stereocenters. The van der Waals surface area contributed by atoms with Gasteiger partial charge in [-0.15, -0.1) is 0 Å². The molecule has 0 spiro atoms. The first-order valence-corrected chi connectivity index (χ1v) is 8.92. The van der Waals surface area contributed by atoms with E-state index in [-0.39, 0.29) is 17.2 Å². The maximum Gasteiger partial charge on any atom is 0.322 e. The van der Waals surface area contributed by atoms with Crippen molar-refractivity contribution in [3.63, 3.8) is 0 Å². The molecule has 4 rings (SSSR count). The minimum Gasteiger partial charge on any atom is -0.325 e. The average molecular weight is 370 g/mol. The van der Waals surface area contributed by atoms with Crippen LogP contribution in [0.2, 0.25) is 0 Å². The van der Waals surface area contributed by atoms with Gasteiger partial charge >= 0.3 is 6.03 Å². The summed E-state index contributed by atoms with van der Waals surface area (Å²) in [4.78, 5) is 28.7. The van der Waals surface area contributed by atoms with Gasteiger partial charge in [0, 0.05) is 30.0 Å². The summed E-state index contributed by atoms with van der Waals surface area (Å²) in [5.74, 6) is 0. The first-order valence-electron chi connectivity index (χ1n) is 8.92. The summed E-state index contributed by atoms with van der Waals surface area (Å²) < 4.78 is 0. The normalized spacial score (nSPS) is 12.9. The largest absolute Gasteiger partial charge is 0.325 e. The molecule has 2 aromatic carbocycles. The van der Waals surface area contributed by atoms with Crippen molar-refractivity contribution in [3.05, 3.63) is 87.3 Å². The number of carbonyl (C=O) groups excluding carboxylic acids is 1. The van der Waals surface area contributed by atoms with Crippen LogP contribution in [-0.4, -0.2) is 15.9 Å². The van der Waals surface area contributed by atoms with Crippen LogP contribution in [0.5, 0.6) is 0 Å². The first-order chi connectivity index (χ1) is 13.5. The van der Waals surface area contributed by atoms with Crippen molar-refractivity contribution in [2.45, 2.75) is 20.0 Å². The van der Waals surface area contributed by atoms with Crippen molar-refractivity contribution < 1.29 is 4.79 Å². The second-order valence-corrected chi connectivity index (χ2v) is 6.81. The number of rotatable bonds is 3. The van der Waals surface area contributed by atoms with Crippen LogP contribution in [0.15, 0.2) is 59.4 Å². The number of hydrogen-bond acceptors (Lipinski definition) is 3. The van der Waals surface area contributed by atoms with Crippen molar-refractivity contribution in [3.8, 4) is 17.2 Å². The van der Waals surface area contributed by atoms with Crippen molar-refractivity contribution >= 4 is 11.7 Å². The molecule has 0 fully saturated rings. The van der Waals surface area contributed by atoms with E-state index in [0.29, 0.717) is 18.8 Å². The molecule has 138 valence electrons. The fraction of sp³-hybridized carbons (Fsp3) is 0.136. The molecule has 2 amide bonds. The summed E-state index contributed by atoms with van der Waals surface area (Å²) in [6.45, 7) is 2.81. The number of fused-ring (bicyclic) bond motifs is 1. The van der Waals surface area contributed by atoms with Gasteiger partial charge in [-0.2, -0.15) is 5.26 Å². The summed E-state index contributed by atoms with van der Waals surface area (Å²) in [5.41, 5.74) is 4.90. The van der Waals surface area contributed by atoms with E-state index in [2.05, 4.69) is 10.3 Å². The lowest BCUT2D eigenvalue weighted by atomic mass is 9.98. The molecule has 6 heteroatoms. The number of anilines is 1. The number of aromatic nitrogens is 1. The van der Waals surface area contributed by atoms with E-state index in [0.717, 1.165) is 27.9 Å². The van der Waals surface area contributed by atoms with Gasteiger partial charge in [0.05, 0.1) is 0 Å². The number of aromatic amines is 1. The van der Waals surface area contributed by atoms with Crippen LogP contribution >= 0.6 is 0 Å². The number of urea groups is 1. The molecule has 2 N–H and O–H groups in total. The Morgan fingerprint density at radius 3 is 2.64 bits per heavy atom. The lowest BCUT2D eigenvalue weighted by molar-refractivity contribution is 0.204. The second-order valence-electron chi connectivity index (χ2n) is 6.81. The Morgan fingerprint density at radius 1 is 1.11 bits per heavy atom. The van der Waals surface area contributed by atoms with Gasteiger partial charge in [-0.05, 0) is 41.8 Å². The van der Waals surface area contributed by atoms with E-state index in [1.54, 1.807) is 17.9 Å². The SMILES string of the molecule is Cc1[nH]c(=O)c(C#N)cc1-c1ccc2c(c1)CN(Cc1ccccc1)C(=O)N2. The summed E-state index contributed by atoms with van der Waals surface area (Å²) in [6.07, 6.45) is 0. The highest BCUT2D eigenvalue weighted by Crippen LogP contribution is 2.30. The van der Waals surface area contributed by atoms with Crippen LogP contribution in [-0.2, 0) is 13.1 Å². The minimum atomic E-state index is -0.386. The highest BCUT2D eigenvalue weighted by atomic mass is 16.2. The number of hydrogen-bond donors (Lipinski definition) is 2. The van der Waals surface area contributed by atoms with Crippen molar-refractivity contribution in [2.75, 3.05) is 5.32 Å². The van der Waals surface area contributed by atoms with E-state index < -0.39 is 0 Å². The molecule has 0 aliphatic carbocycles. The Bertz CT molecular complexity index is 1160. The molecule has 1 aliphatic rings. The Balaban J connectivity index is 1.68. The number of amides is 2. The second kappa shape index (κ2) is 7.05. The quantitative estimate of drug-likeness (QED) is 0.735.